The van der Waals surface area contributed by atoms with Gasteiger partial charge in [0.25, 0.3) is 5.91 Å². The number of hydrogen-bond donors (Lipinski definition) is 2. The second-order valence-corrected chi connectivity index (χ2v) is 5.47. The van der Waals surface area contributed by atoms with Crippen LogP contribution in [0, 0.1) is 5.92 Å². The summed E-state index contributed by atoms with van der Waals surface area (Å²) in [7, 11) is 1.64. The van der Waals surface area contributed by atoms with Crippen molar-refractivity contribution in [3.8, 4) is 0 Å². The van der Waals surface area contributed by atoms with Crippen molar-refractivity contribution in [3.63, 3.8) is 0 Å². The fraction of sp³-hybridized carbons (Fsp3) is 0.400. The van der Waals surface area contributed by atoms with E-state index in [1.807, 2.05) is 19.9 Å². The molecule has 1 aromatic rings. The summed E-state index contributed by atoms with van der Waals surface area (Å²) in [4.78, 5) is 37.2. The van der Waals surface area contributed by atoms with Gasteiger partial charge in [0.05, 0.1) is 0 Å². The van der Waals surface area contributed by atoms with E-state index in [9.17, 15) is 14.4 Å². The third-order valence-electron chi connectivity index (χ3n) is 3.34. The van der Waals surface area contributed by atoms with Crippen molar-refractivity contribution in [2.24, 2.45) is 5.92 Å². The molecule has 2 rings (SSSR count). The van der Waals surface area contributed by atoms with E-state index in [-0.39, 0.29) is 11.8 Å². The fourth-order valence-electron chi connectivity index (χ4n) is 2.20. The minimum absolute atomic E-state index is 0.249. The predicted molar refractivity (Wildman–Crippen MR) is 78.6 cm³/mol. The number of benzene rings is 1. The molecule has 0 unspecified atom stereocenters. The number of hydrogen-bond acceptors (Lipinski definition) is 3. The van der Waals surface area contributed by atoms with Crippen molar-refractivity contribution in [2.75, 3.05) is 18.5 Å². The third kappa shape index (κ3) is 3.04. The van der Waals surface area contributed by atoms with Crippen molar-refractivity contribution in [1.82, 2.24) is 10.6 Å². The summed E-state index contributed by atoms with van der Waals surface area (Å²) in [5.74, 6) is -1.51. The average Bonchev–Trinajstić information content (AvgIpc) is 2.70. The van der Waals surface area contributed by atoms with E-state index in [2.05, 4.69) is 10.6 Å². The van der Waals surface area contributed by atoms with Gasteiger partial charge in [-0.25, -0.2) is 0 Å². The summed E-state index contributed by atoms with van der Waals surface area (Å²) < 4.78 is 0. The maximum Gasteiger partial charge on any atom is 0.310 e. The predicted octanol–water partition coefficient (Wildman–Crippen LogP) is 0.593. The van der Waals surface area contributed by atoms with Crippen molar-refractivity contribution < 1.29 is 14.4 Å². The smallest absolute Gasteiger partial charge is 0.310 e. The van der Waals surface area contributed by atoms with E-state index in [0.29, 0.717) is 12.1 Å². The van der Waals surface area contributed by atoms with Crippen LogP contribution >= 0.6 is 0 Å². The van der Waals surface area contributed by atoms with Crippen LogP contribution in [0.2, 0.25) is 0 Å². The van der Waals surface area contributed by atoms with Crippen LogP contribution in [0.15, 0.2) is 24.3 Å². The summed E-state index contributed by atoms with van der Waals surface area (Å²) in [5.41, 5.74) is 1.45. The number of likely N-dealkylation sites (N-methyl/N-ethyl adjacent to an activating group) is 1. The van der Waals surface area contributed by atoms with Gasteiger partial charge in [0.2, 0.25) is 0 Å². The van der Waals surface area contributed by atoms with Gasteiger partial charge in [-0.3, -0.25) is 14.4 Å². The summed E-state index contributed by atoms with van der Waals surface area (Å²) in [6.07, 6.45) is 0. The molecule has 21 heavy (non-hydrogen) atoms. The second-order valence-electron chi connectivity index (χ2n) is 5.47. The van der Waals surface area contributed by atoms with Crippen LogP contribution in [0.4, 0.5) is 5.69 Å². The molecule has 0 saturated heterocycles. The zero-order valence-electron chi connectivity index (χ0n) is 12.3. The van der Waals surface area contributed by atoms with Gasteiger partial charge in [-0.1, -0.05) is 32.0 Å². The molecule has 0 saturated carbocycles. The second kappa shape index (κ2) is 5.95. The average molecular weight is 289 g/mol. The van der Waals surface area contributed by atoms with E-state index in [1.165, 1.54) is 4.90 Å². The maximum atomic E-state index is 12.2. The Kier molecular flexibility index (Phi) is 4.26. The molecule has 1 aliphatic heterocycles. The van der Waals surface area contributed by atoms with Gasteiger partial charge in [-0.05, 0) is 12.0 Å². The monoisotopic (exact) mass is 289 g/mol. The molecule has 0 radical (unpaired) electrons. The molecule has 1 aliphatic rings. The molecule has 0 spiro atoms. The van der Waals surface area contributed by atoms with Crippen molar-refractivity contribution in [3.05, 3.63) is 29.8 Å². The van der Waals surface area contributed by atoms with Crippen LogP contribution in [0.3, 0.4) is 0 Å². The maximum absolute atomic E-state index is 12.2. The number of anilines is 1. The molecule has 1 atom stereocenters. The molecule has 6 nitrogen and oxygen atoms in total. The molecule has 0 bridgehead atoms. The topological polar surface area (TPSA) is 78.5 Å². The molecule has 6 heteroatoms. The Labute approximate surface area is 123 Å². The molecule has 0 aliphatic carbocycles. The minimum atomic E-state index is -0.802. The molecule has 2 N–H and O–H groups in total. The van der Waals surface area contributed by atoms with Crippen molar-refractivity contribution >= 4 is 23.4 Å². The molecule has 112 valence electrons. The quantitative estimate of drug-likeness (QED) is 0.800. The largest absolute Gasteiger partial charge is 0.348 e. The van der Waals surface area contributed by atoms with Crippen LogP contribution < -0.4 is 15.5 Å². The van der Waals surface area contributed by atoms with Crippen LogP contribution in [0.1, 0.15) is 25.5 Å². The van der Waals surface area contributed by atoms with Crippen LogP contribution in [0.25, 0.3) is 0 Å². The number of rotatable bonds is 3. The van der Waals surface area contributed by atoms with Gasteiger partial charge < -0.3 is 15.5 Å². The molecule has 0 aromatic heterocycles. The Morgan fingerprint density at radius 2 is 1.90 bits per heavy atom. The van der Waals surface area contributed by atoms with Gasteiger partial charge in [0.1, 0.15) is 6.04 Å². The molecule has 3 amide bonds. The number of para-hydroxylation sites is 1. The highest BCUT2D eigenvalue weighted by atomic mass is 16.2. The molecule has 1 heterocycles. The lowest BCUT2D eigenvalue weighted by Crippen LogP contribution is -2.44. The minimum Gasteiger partial charge on any atom is -0.348 e. The Balaban J connectivity index is 2.08. The lowest BCUT2D eigenvalue weighted by atomic mass is 10.1. The SMILES string of the molecule is CC(C)CNC(=O)C(=O)N[C@H]1C(=O)N(C)c2ccccc21. The first-order chi connectivity index (χ1) is 9.91. The number of amides is 3. The number of nitrogens with one attached hydrogen (secondary N) is 2. The lowest BCUT2D eigenvalue weighted by Gasteiger charge is -2.13. The highest BCUT2D eigenvalue weighted by molar-refractivity contribution is 6.35. The Bertz CT molecular complexity index is 583. The third-order valence-corrected chi connectivity index (χ3v) is 3.34. The highest BCUT2D eigenvalue weighted by Gasteiger charge is 2.36. The summed E-state index contributed by atoms with van der Waals surface area (Å²) in [6.45, 7) is 4.29. The lowest BCUT2D eigenvalue weighted by molar-refractivity contribution is -0.140. The van der Waals surface area contributed by atoms with E-state index in [0.717, 1.165) is 5.69 Å². The summed E-state index contributed by atoms with van der Waals surface area (Å²) in [6, 6.07) is 6.39. The first-order valence-electron chi connectivity index (χ1n) is 6.87. The van der Waals surface area contributed by atoms with E-state index in [1.54, 1.807) is 25.2 Å². The van der Waals surface area contributed by atoms with Crippen LogP contribution in [0.5, 0.6) is 0 Å². The Morgan fingerprint density at radius 1 is 1.24 bits per heavy atom. The molecular weight excluding hydrogens is 270 g/mol. The Morgan fingerprint density at radius 3 is 2.57 bits per heavy atom. The van der Waals surface area contributed by atoms with Gasteiger partial charge in [0, 0.05) is 24.8 Å². The van der Waals surface area contributed by atoms with Gasteiger partial charge in [-0.15, -0.1) is 0 Å². The van der Waals surface area contributed by atoms with Gasteiger partial charge in [-0.2, -0.15) is 0 Å². The van der Waals surface area contributed by atoms with Gasteiger partial charge in [0.15, 0.2) is 0 Å². The fourth-order valence-corrected chi connectivity index (χ4v) is 2.20. The van der Waals surface area contributed by atoms with E-state index < -0.39 is 17.9 Å². The van der Waals surface area contributed by atoms with E-state index in [4.69, 9.17) is 0 Å². The normalized spacial score (nSPS) is 16.9. The number of carbonyl (C=O) groups is 3. The molecular formula is C15H19N3O3. The number of nitrogens with zero attached hydrogens (tertiary/aromatic N) is 1. The highest BCUT2D eigenvalue weighted by Crippen LogP contribution is 2.34. The summed E-state index contributed by atoms with van der Waals surface area (Å²) >= 11 is 0. The van der Waals surface area contributed by atoms with E-state index >= 15 is 0 Å². The van der Waals surface area contributed by atoms with Crippen molar-refractivity contribution in [2.45, 2.75) is 19.9 Å². The molecule has 0 fully saturated rings. The zero-order valence-corrected chi connectivity index (χ0v) is 12.3. The number of carbonyl (C=O) groups excluding carboxylic acids is 3. The first-order valence-corrected chi connectivity index (χ1v) is 6.87. The standard InChI is InChI=1S/C15H19N3O3/c1-9(2)8-16-13(19)14(20)17-12-10-6-4-5-7-11(10)18(3)15(12)21/h4-7,9,12H,8H2,1-3H3,(H,16,19)(H,17,20)/t12-/m1/s1. The van der Waals surface area contributed by atoms with Gasteiger partial charge >= 0.3 is 11.8 Å². The first kappa shape index (κ1) is 15.0. The zero-order chi connectivity index (χ0) is 15.6. The van der Waals surface area contributed by atoms with Crippen LogP contribution in [-0.4, -0.2) is 31.3 Å². The number of fused-ring (bicyclic) bond motifs is 1. The summed E-state index contributed by atoms with van der Waals surface area (Å²) in [5, 5.41) is 5.03. The Hall–Kier alpha value is -2.37. The van der Waals surface area contributed by atoms with Crippen LogP contribution in [-0.2, 0) is 14.4 Å². The molecule has 1 aromatic carbocycles. The van der Waals surface area contributed by atoms with Crippen molar-refractivity contribution in [1.29, 1.82) is 0 Å².